The molecule has 0 aromatic heterocycles. The standard InChI is InChI=1S/C12H15F/c1-4-5-6-11-8-7-9(2)10(3)12(11)13/h4,7-8H,1,5-6H2,2-3H3. The molecule has 0 heterocycles. The summed E-state index contributed by atoms with van der Waals surface area (Å²) < 4.78 is 13.6. The van der Waals surface area contributed by atoms with Gasteiger partial charge in [0.05, 0.1) is 0 Å². The van der Waals surface area contributed by atoms with Gasteiger partial charge < -0.3 is 0 Å². The molecule has 1 aromatic rings. The van der Waals surface area contributed by atoms with Crippen molar-refractivity contribution in [3.05, 3.63) is 47.3 Å². The number of hydrogen-bond donors (Lipinski definition) is 0. The van der Waals surface area contributed by atoms with E-state index in [1.165, 1.54) is 0 Å². The molecule has 0 N–H and O–H groups in total. The first-order valence-corrected chi connectivity index (χ1v) is 4.52. The number of rotatable bonds is 3. The molecule has 0 unspecified atom stereocenters. The predicted molar refractivity (Wildman–Crippen MR) is 54.4 cm³/mol. The molecule has 0 nitrogen and oxygen atoms in total. The van der Waals surface area contributed by atoms with Gasteiger partial charge in [0.1, 0.15) is 5.82 Å². The van der Waals surface area contributed by atoms with Crippen molar-refractivity contribution in [2.75, 3.05) is 0 Å². The van der Waals surface area contributed by atoms with Gasteiger partial charge in [-0.15, -0.1) is 6.58 Å². The van der Waals surface area contributed by atoms with Gasteiger partial charge in [0.15, 0.2) is 0 Å². The Morgan fingerprint density at radius 3 is 2.69 bits per heavy atom. The highest BCUT2D eigenvalue weighted by Gasteiger charge is 2.05. The van der Waals surface area contributed by atoms with Crippen molar-refractivity contribution >= 4 is 0 Å². The number of allylic oxidation sites excluding steroid dienone is 1. The third-order valence-corrected chi connectivity index (χ3v) is 2.35. The Bertz CT molecular complexity index is 313. The second-order valence-corrected chi connectivity index (χ2v) is 3.31. The van der Waals surface area contributed by atoms with Crippen LogP contribution in [0.1, 0.15) is 23.1 Å². The van der Waals surface area contributed by atoms with Crippen LogP contribution < -0.4 is 0 Å². The molecule has 1 heteroatoms. The van der Waals surface area contributed by atoms with Crippen molar-refractivity contribution in [3.63, 3.8) is 0 Å². The van der Waals surface area contributed by atoms with Crippen LogP contribution in [0.25, 0.3) is 0 Å². The van der Waals surface area contributed by atoms with Crippen LogP contribution >= 0.6 is 0 Å². The fourth-order valence-corrected chi connectivity index (χ4v) is 1.29. The zero-order valence-corrected chi connectivity index (χ0v) is 8.23. The van der Waals surface area contributed by atoms with Crippen LogP contribution in [0.5, 0.6) is 0 Å². The normalized spacial score (nSPS) is 10.1. The molecule has 1 rings (SSSR count). The van der Waals surface area contributed by atoms with Crippen LogP contribution in [0.4, 0.5) is 4.39 Å². The predicted octanol–water partition coefficient (Wildman–Crippen LogP) is 3.56. The van der Waals surface area contributed by atoms with Crippen LogP contribution in [-0.2, 0) is 6.42 Å². The molecule has 0 saturated carbocycles. The largest absolute Gasteiger partial charge is 0.206 e. The molecule has 70 valence electrons. The Balaban J connectivity index is 2.96. The number of hydrogen-bond acceptors (Lipinski definition) is 0. The Hall–Kier alpha value is -1.11. The van der Waals surface area contributed by atoms with E-state index in [1.807, 2.05) is 32.1 Å². The summed E-state index contributed by atoms with van der Waals surface area (Å²) in [6.45, 7) is 7.37. The molecule has 0 atom stereocenters. The van der Waals surface area contributed by atoms with E-state index in [0.717, 1.165) is 29.5 Å². The zero-order valence-electron chi connectivity index (χ0n) is 8.23. The van der Waals surface area contributed by atoms with E-state index in [9.17, 15) is 4.39 Å². The first-order chi connectivity index (χ1) is 6.16. The van der Waals surface area contributed by atoms with Crippen molar-refractivity contribution in [2.24, 2.45) is 0 Å². The van der Waals surface area contributed by atoms with Gasteiger partial charge in [-0.1, -0.05) is 18.2 Å². The first-order valence-electron chi connectivity index (χ1n) is 4.52. The third-order valence-electron chi connectivity index (χ3n) is 2.35. The molecule has 0 spiro atoms. The highest BCUT2D eigenvalue weighted by molar-refractivity contribution is 5.32. The van der Waals surface area contributed by atoms with Crippen molar-refractivity contribution < 1.29 is 4.39 Å². The maximum atomic E-state index is 13.6. The number of aryl methyl sites for hydroxylation is 2. The van der Waals surface area contributed by atoms with Crippen LogP contribution in [-0.4, -0.2) is 0 Å². The van der Waals surface area contributed by atoms with E-state index in [4.69, 9.17) is 0 Å². The SMILES string of the molecule is C=CCCc1ccc(C)c(C)c1F. The second-order valence-electron chi connectivity index (χ2n) is 3.31. The Kier molecular flexibility index (Phi) is 3.24. The average molecular weight is 178 g/mol. The quantitative estimate of drug-likeness (QED) is 0.621. The van der Waals surface area contributed by atoms with Crippen LogP contribution in [0.3, 0.4) is 0 Å². The lowest BCUT2D eigenvalue weighted by molar-refractivity contribution is 0.599. The van der Waals surface area contributed by atoms with E-state index in [0.29, 0.717) is 0 Å². The molecule has 0 amide bonds. The molecule has 0 aliphatic rings. The van der Waals surface area contributed by atoms with E-state index < -0.39 is 0 Å². The monoisotopic (exact) mass is 178 g/mol. The summed E-state index contributed by atoms with van der Waals surface area (Å²) >= 11 is 0. The fraction of sp³-hybridized carbons (Fsp3) is 0.333. The minimum atomic E-state index is -0.0538. The van der Waals surface area contributed by atoms with E-state index in [2.05, 4.69) is 6.58 Å². The van der Waals surface area contributed by atoms with Gasteiger partial charge in [-0.05, 0) is 43.4 Å². The summed E-state index contributed by atoms with van der Waals surface area (Å²) in [4.78, 5) is 0. The average Bonchev–Trinajstić information content (AvgIpc) is 2.13. The molecular formula is C12H15F. The third kappa shape index (κ3) is 2.18. The molecule has 0 saturated heterocycles. The highest BCUT2D eigenvalue weighted by atomic mass is 19.1. The lowest BCUT2D eigenvalue weighted by atomic mass is 10.0. The molecule has 0 bridgehead atoms. The summed E-state index contributed by atoms with van der Waals surface area (Å²) in [5.41, 5.74) is 2.57. The smallest absolute Gasteiger partial charge is 0.129 e. The minimum Gasteiger partial charge on any atom is -0.206 e. The molecule has 0 aliphatic heterocycles. The lowest BCUT2D eigenvalue weighted by Crippen LogP contribution is -1.95. The highest BCUT2D eigenvalue weighted by Crippen LogP contribution is 2.17. The van der Waals surface area contributed by atoms with Gasteiger partial charge in [0.25, 0.3) is 0 Å². The molecule has 0 fully saturated rings. The van der Waals surface area contributed by atoms with Crippen molar-refractivity contribution in [1.29, 1.82) is 0 Å². The van der Waals surface area contributed by atoms with Crippen LogP contribution in [0.2, 0.25) is 0 Å². The summed E-state index contributed by atoms with van der Waals surface area (Å²) in [6, 6.07) is 3.83. The zero-order chi connectivity index (χ0) is 9.84. The molecular weight excluding hydrogens is 163 g/mol. The Labute approximate surface area is 79.1 Å². The minimum absolute atomic E-state index is 0.0538. The molecule has 1 aromatic carbocycles. The topological polar surface area (TPSA) is 0 Å². The second kappa shape index (κ2) is 4.22. The molecule has 0 radical (unpaired) electrons. The van der Waals surface area contributed by atoms with Gasteiger partial charge in [-0.2, -0.15) is 0 Å². The van der Waals surface area contributed by atoms with Gasteiger partial charge in [-0.25, -0.2) is 4.39 Å². The van der Waals surface area contributed by atoms with Gasteiger partial charge >= 0.3 is 0 Å². The lowest BCUT2D eigenvalue weighted by Gasteiger charge is -2.06. The number of benzene rings is 1. The van der Waals surface area contributed by atoms with Crippen molar-refractivity contribution in [1.82, 2.24) is 0 Å². The van der Waals surface area contributed by atoms with Gasteiger partial charge in [0, 0.05) is 0 Å². The van der Waals surface area contributed by atoms with E-state index >= 15 is 0 Å². The maximum absolute atomic E-state index is 13.6. The van der Waals surface area contributed by atoms with Gasteiger partial charge in [0.2, 0.25) is 0 Å². The van der Waals surface area contributed by atoms with Crippen molar-refractivity contribution in [3.8, 4) is 0 Å². The summed E-state index contributed by atoms with van der Waals surface area (Å²) in [7, 11) is 0. The molecule has 13 heavy (non-hydrogen) atoms. The van der Waals surface area contributed by atoms with Gasteiger partial charge in [-0.3, -0.25) is 0 Å². The Morgan fingerprint density at radius 1 is 1.38 bits per heavy atom. The van der Waals surface area contributed by atoms with Crippen LogP contribution in [0, 0.1) is 19.7 Å². The summed E-state index contributed by atoms with van der Waals surface area (Å²) in [5.74, 6) is -0.0538. The van der Waals surface area contributed by atoms with E-state index in [1.54, 1.807) is 0 Å². The first kappa shape index (κ1) is 9.97. The molecule has 0 aliphatic carbocycles. The van der Waals surface area contributed by atoms with Crippen molar-refractivity contribution in [2.45, 2.75) is 26.7 Å². The maximum Gasteiger partial charge on any atom is 0.129 e. The summed E-state index contributed by atoms with van der Waals surface area (Å²) in [6.07, 6.45) is 3.39. The number of halogens is 1. The summed E-state index contributed by atoms with van der Waals surface area (Å²) in [5, 5.41) is 0. The Morgan fingerprint density at radius 2 is 2.08 bits per heavy atom. The fourth-order valence-electron chi connectivity index (χ4n) is 1.29. The van der Waals surface area contributed by atoms with E-state index in [-0.39, 0.29) is 5.82 Å². The van der Waals surface area contributed by atoms with Crippen LogP contribution in [0.15, 0.2) is 24.8 Å².